The Morgan fingerprint density at radius 1 is 1.35 bits per heavy atom. The van der Waals surface area contributed by atoms with Crippen molar-refractivity contribution < 1.29 is 4.74 Å². The summed E-state index contributed by atoms with van der Waals surface area (Å²) in [6.07, 6.45) is 6.40. The van der Waals surface area contributed by atoms with Crippen LogP contribution in [0.3, 0.4) is 0 Å². The topological polar surface area (TPSA) is 73.1 Å². The fourth-order valence-electron chi connectivity index (χ4n) is 2.06. The first kappa shape index (κ1) is 12.3. The number of nitrogens with two attached hydrogens (primary N) is 1. The van der Waals surface area contributed by atoms with Gasteiger partial charge in [0.05, 0.1) is 12.7 Å². The van der Waals surface area contributed by atoms with Crippen molar-refractivity contribution in [3.63, 3.8) is 0 Å². The Hall–Kier alpha value is -1.20. The summed E-state index contributed by atoms with van der Waals surface area (Å²) >= 11 is 0. The standard InChI is InChI=1S/C12H20N4O/c13-10-3-5-11(6-4-10)17-9-8-14-12-2-1-7-15-16-12/h1-2,7,10-11H,3-6,8-9,13H2,(H,14,16). The summed E-state index contributed by atoms with van der Waals surface area (Å²) in [4.78, 5) is 0. The van der Waals surface area contributed by atoms with Crippen LogP contribution >= 0.6 is 0 Å². The van der Waals surface area contributed by atoms with Crippen LogP contribution in [0.2, 0.25) is 0 Å². The van der Waals surface area contributed by atoms with E-state index in [4.69, 9.17) is 10.5 Å². The quantitative estimate of drug-likeness (QED) is 0.751. The summed E-state index contributed by atoms with van der Waals surface area (Å²) in [7, 11) is 0. The van der Waals surface area contributed by atoms with Crippen molar-refractivity contribution in [2.24, 2.45) is 5.73 Å². The second-order valence-corrected chi connectivity index (χ2v) is 4.44. The third kappa shape index (κ3) is 4.28. The number of aromatic nitrogens is 2. The zero-order valence-corrected chi connectivity index (χ0v) is 10.0. The minimum atomic E-state index is 0.382. The maximum atomic E-state index is 5.84. The Bertz CT molecular complexity index is 312. The fourth-order valence-corrected chi connectivity index (χ4v) is 2.06. The molecule has 94 valence electrons. The number of nitrogens with zero attached hydrogens (tertiary/aromatic N) is 2. The molecule has 1 aliphatic rings. The Morgan fingerprint density at radius 3 is 2.88 bits per heavy atom. The molecule has 1 aromatic rings. The van der Waals surface area contributed by atoms with Gasteiger partial charge in [-0.05, 0) is 37.8 Å². The van der Waals surface area contributed by atoms with Gasteiger partial charge in [-0.3, -0.25) is 0 Å². The predicted molar refractivity (Wildman–Crippen MR) is 66.7 cm³/mol. The predicted octanol–water partition coefficient (Wildman–Crippen LogP) is 1.17. The van der Waals surface area contributed by atoms with Gasteiger partial charge < -0.3 is 15.8 Å². The van der Waals surface area contributed by atoms with Gasteiger partial charge in [0.15, 0.2) is 0 Å². The molecule has 0 amide bonds. The van der Waals surface area contributed by atoms with E-state index in [2.05, 4.69) is 15.5 Å². The molecule has 0 radical (unpaired) electrons. The first-order valence-corrected chi connectivity index (χ1v) is 6.23. The normalized spacial score (nSPS) is 24.5. The Balaban J connectivity index is 1.57. The smallest absolute Gasteiger partial charge is 0.148 e. The van der Waals surface area contributed by atoms with E-state index in [0.29, 0.717) is 18.8 Å². The van der Waals surface area contributed by atoms with E-state index in [9.17, 15) is 0 Å². The third-order valence-corrected chi connectivity index (χ3v) is 3.05. The van der Waals surface area contributed by atoms with Crippen LogP contribution in [0, 0.1) is 0 Å². The molecule has 3 N–H and O–H groups in total. The second-order valence-electron chi connectivity index (χ2n) is 4.44. The highest BCUT2D eigenvalue weighted by molar-refractivity contribution is 5.30. The van der Waals surface area contributed by atoms with Gasteiger partial charge in [0.25, 0.3) is 0 Å². The molecule has 17 heavy (non-hydrogen) atoms. The largest absolute Gasteiger partial charge is 0.376 e. The first-order valence-electron chi connectivity index (χ1n) is 6.23. The average molecular weight is 236 g/mol. The van der Waals surface area contributed by atoms with Crippen molar-refractivity contribution in [3.05, 3.63) is 18.3 Å². The van der Waals surface area contributed by atoms with Crippen LogP contribution in [-0.4, -0.2) is 35.5 Å². The molecular weight excluding hydrogens is 216 g/mol. The molecule has 0 unspecified atom stereocenters. The maximum Gasteiger partial charge on any atom is 0.148 e. The molecule has 0 aromatic carbocycles. The van der Waals surface area contributed by atoms with Crippen LogP contribution in [0.5, 0.6) is 0 Å². The van der Waals surface area contributed by atoms with Crippen molar-refractivity contribution in [1.82, 2.24) is 10.2 Å². The number of hydrogen-bond acceptors (Lipinski definition) is 5. The van der Waals surface area contributed by atoms with E-state index in [-0.39, 0.29) is 0 Å². The molecule has 1 fully saturated rings. The lowest BCUT2D eigenvalue weighted by Crippen LogP contribution is -2.31. The maximum absolute atomic E-state index is 5.84. The van der Waals surface area contributed by atoms with Gasteiger partial charge in [-0.15, -0.1) is 5.10 Å². The van der Waals surface area contributed by atoms with Crippen LogP contribution < -0.4 is 11.1 Å². The number of nitrogens with one attached hydrogen (secondary N) is 1. The van der Waals surface area contributed by atoms with E-state index in [0.717, 1.165) is 38.0 Å². The molecule has 1 aromatic heterocycles. The Kier molecular flexibility index (Phi) is 4.70. The zero-order valence-electron chi connectivity index (χ0n) is 10.0. The molecule has 1 saturated carbocycles. The fraction of sp³-hybridized carbons (Fsp3) is 0.667. The number of anilines is 1. The molecule has 0 bridgehead atoms. The van der Waals surface area contributed by atoms with Crippen LogP contribution in [0.15, 0.2) is 18.3 Å². The lowest BCUT2D eigenvalue weighted by molar-refractivity contribution is 0.0313. The molecule has 1 heterocycles. The third-order valence-electron chi connectivity index (χ3n) is 3.05. The van der Waals surface area contributed by atoms with Crippen molar-refractivity contribution in [2.45, 2.75) is 37.8 Å². The minimum Gasteiger partial charge on any atom is -0.376 e. The van der Waals surface area contributed by atoms with Crippen LogP contribution in [-0.2, 0) is 4.74 Å². The summed E-state index contributed by atoms with van der Waals surface area (Å²) in [5.74, 6) is 0.793. The highest BCUT2D eigenvalue weighted by atomic mass is 16.5. The molecule has 5 heteroatoms. The van der Waals surface area contributed by atoms with Gasteiger partial charge in [-0.1, -0.05) is 0 Å². The van der Waals surface area contributed by atoms with E-state index in [1.54, 1.807) is 6.20 Å². The number of rotatable bonds is 5. The van der Waals surface area contributed by atoms with Crippen LogP contribution in [0.25, 0.3) is 0 Å². The van der Waals surface area contributed by atoms with Crippen molar-refractivity contribution in [1.29, 1.82) is 0 Å². The summed E-state index contributed by atoms with van der Waals surface area (Å²) in [5, 5.41) is 10.9. The zero-order chi connectivity index (χ0) is 11.9. The monoisotopic (exact) mass is 236 g/mol. The average Bonchev–Trinajstić information content (AvgIpc) is 2.38. The molecule has 0 atom stereocenters. The highest BCUT2D eigenvalue weighted by Crippen LogP contribution is 2.19. The van der Waals surface area contributed by atoms with Gasteiger partial charge in [0.2, 0.25) is 0 Å². The van der Waals surface area contributed by atoms with Gasteiger partial charge in [-0.25, -0.2) is 0 Å². The van der Waals surface area contributed by atoms with Crippen molar-refractivity contribution >= 4 is 5.82 Å². The molecule has 5 nitrogen and oxygen atoms in total. The van der Waals surface area contributed by atoms with Crippen LogP contribution in [0.1, 0.15) is 25.7 Å². The second kappa shape index (κ2) is 6.51. The minimum absolute atomic E-state index is 0.382. The molecule has 1 aliphatic carbocycles. The SMILES string of the molecule is NC1CCC(OCCNc2cccnn2)CC1. The van der Waals surface area contributed by atoms with E-state index >= 15 is 0 Å². The summed E-state index contributed by atoms with van der Waals surface area (Å²) in [6, 6.07) is 4.14. The first-order chi connectivity index (χ1) is 8.34. The molecule has 0 spiro atoms. The Morgan fingerprint density at radius 2 is 2.18 bits per heavy atom. The number of hydrogen-bond donors (Lipinski definition) is 2. The van der Waals surface area contributed by atoms with Crippen molar-refractivity contribution in [3.8, 4) is 0 Å². The lowest BCUT2D eigenvalue weighted by Gasteiger charge is -2.26. The van der Waals surface area contributed by atoms with Gasteiger partial charge in [-0.2, -0.15) is 5.10 Å². The number of ether oxygens (including phenoxy) is 1. The van der Waals surface area contributed by atoms with Crippen LogP contribution in [0.4, 0.5) is 5.82 Å². The van der Waals surface area contributed by atoms with E-state index in [1.807, 2.05) is 12.1 Å². The summed E-state index contributed by atoms with van der Waals surface area (Å²) in [6.45, 7) is 1.47. The Labute approximate surface area is 102 Å². The highest BCUT2D eigenvalue weighted by Gasteiger charge is 2.18. The summed E-state index contributed by atoms with van der Waals surface area (Å²) < 4.78 is 5.79. The summed E-state index contributed by atoms with van der Waals surface area (Å²) in [5.41, 5.74) is 5.84. The van der Waals surface area contributed by atoms with Gasteiger partial charge in [0, 0.05) is 18.8 Å². The molecule has 0 saturated heterocycles. The van der Waals surface area contributed by atoms with Gasteiger partial charge in [0.1, 0.15) is 5.82 Å². The van der Waals surface area contributed by atoms with Gasteiger partial charge >= 0.3 is 0 Å². The molecule has 0 aliphatic heterocycles. The molecule has 2 rings (SSSR count). The van der Waals surface area contributed by atoms with E-state index in [1.165, 1.54) is 0 Å². The lowest BCUT2D eigenvalue weighted by atomic mass is 9.94. The molecular formula is C12H20N4O. The van der Waals surface area contributed by atoms with E-state index < -0.39 is 0 Å². The van der Waals surface area contributed by atoms with Crippen molar-refractivity contribution in [2.75, 3.05) is 18.5 Å².